The summed E-state index contributed by atoms with van der Waals surface area (Å²) in [5.74, 6) is -0.389. The number of carbonyl (C=O) groups is 1. The van der Waals surface area contributed by atoms with Crippen molar-refractivity contribution in [3.63, 3.8) is 0 Å². The van der Waals surface area contributed by atoms with Crippen LogP contribution in [0.1, 0.15) is 28.8 Å². The van der Waals surface area contributed by atoms with Crippen LogP contribution in [0.3, 0.4) is 0 Å². The first-order valence-electron chi connectivity index (χ1n) is 7.61. The number of nitrogens with zero attached hydrogens (tertiary/aromatic N) is 1. The largest absolute Gasteiger partial charge is 0.399 e. The fraction of sp³-hybridized carbons (Fsp3) is 0.278. The van der Waals surface area contributed by atoms with Gasteiger partial charge < -0.3 is 15.7 Å². The van der Waals surface area contributed by atoms with E-state index >= 15 is 0 Å². The Morgan fingerprint density at radius 2 is 1.61 bits per heavy atom. The van der Waals surface area contributed by atoms with Gasteiger partial charge in [-0.25, -0.2) is 4.39 Å². The molecule has 0 spiro atoms. The Kier molecular flexibility index (Phi) is 4.05. The highest BCUT2D eigenvalue weighted by atomic mass is 19.1. The van der Waals surface area contributed by atoms with Gasteiger partial charge in [0.1, 0.15) is 5.82 Å². The molecule has 1 fully saturated rings. The second kappa shape index (κ2) is 6.01. The third-order valence-electron chi connectivity index (χ3n) is 4.42. The lowest BCUT2D eigenvalue weighted by molar-refractivity contribution is -0.0211. The summed E-state index contributed by atoms with van der Waals surface area (Å²) in [6, 6.07) is 12.7. The highest BCUT2D eigenvalue weighted by Crippen LogP contribution is 2.33. The zero-order valence-electron chi connectivity index (χ0n) is 12.7. The molecule has 1 saturated heterocycles. The molecule has 0 atom stereocenters. The Hall–Kier alpha value is -2.40. The van der Waals surface area contributed by atoms with Crippen molar-refractivity contribution in [3.05, 3.63) is 65.5 Å². The molecule has 0 unspecified atom stereocenters. The third kappa shape index (κ3) is 3.19. The summed E-state index contributed by atoms with van der Waals surface area (Å²) in [4.78, 5) is 14.2. The highest BCUT2D eigenvalue weighted by molar-refractivity contribution is 5.94. The van der Waals surface area contributed by atoms with E-state index < -0.39 is 5.60 Å². The third-order valence-corrected chi connectivity index (χ3v) is 4.42. The van der Waals surface area contributed by atoms with Crippen LogP contribution in [0.2, 0.25) is 0 Å². The second-order valence-corrected chi connectivity index (χ2v) is 5.95. The van der Waals surface area contributed by atoms with Gasteiger partial charge in [0, 0.05) is 24.3 Å². The molecule has 2 aromatic rings. The van der Waals surface area contributed by atoms with Gasteiger partial charge in [-0.1, -0.05) is 12.1 Å². The molecule has 1 aliphatic heterocycles. The maximum absolute atomic E-state index is 13.0. The van der Waals surface area contributed by atoms with Crippen LogP contribution >= 0.6 is 0 Å². The van der Waals surface area contributed by atoms with E-state index in [-0.39, 0.29) is 11.7 Å². The predicted octanol–water partition coefficient (Wildman–Crippen LogP) is 2.53. The molecule has 0 radical (unpaired) electrons. The number of benzene rings is 2. The lowest BCUT2D eigenvalue weighted by Crippen LogP contribution is -2.45. The van der Waals surface area contributed by atoms with Gasteiger partial charge in [0.15, 0.2) is 0 Å². The number of hydrogen-bond donors (Lipinski definition) is 2. The number of anilines is 1. The lowest BCUT2D eigenvalue weighted by Gasteiger charge is -2.38. The standard InChI is InChI=1S/C18H19FN2O2/c19-15-5-3-14(4-6-15)18(23)9-11-21(12-10-18)17(22)13-1-7-16(20)8-2-13/h1-8,23H,9-12,20H2. The first kappa shape index (κ1) is 15.5. The van der Waals surface area contributed by atoms with Gasteiger partial charge in [-0.3, -0.25) is 4.79 Å². The fourth-order valence-corrected chi connectivity index (χ4v) is 2.94. The van der Waals surface area contributed by atoms with Crippen molar-refractivity contribution in [1.29, 1.82) is 0 Å². The molecule has 0 bridgehead atoms. The number of piperidine rings is 1. The minimum absolute atomic E-state index is 0.0637. The number of nitrogens with two attached hydrogens (primary N) is 1. The number of likely N-dealkylation sites (tertiary alicyclic amines) is 1. The monoisotopic (exact) mass is 314 g/mol. The van der Waals surface area contributed by atoms with Crippen molar-refractivity contribution in [3.8, 4) is 0 Å². The Bertz CT molecular complexity index is 690. The molecule has 3 N–H and O–H groups in total. The molecule has 1 aliphatic rings. The van der Waals surface area contributed by atoms with E-state index in [1.165, 1.54) is 12.1 Å². The normalized spacial score (nSPS) is 17.0. The zero-order chi connectivity index (χ0) is 16.4. The second-order valence-electron chi connectivity index (χ2n) is 5.95. The molecule has 2 aromatic carbocycles. The van der Waals surface area contributed by atoms with Crippen LogP contribution in [0, 0.1) is 5.82 Å². The van der Waals surface area contributed by atoms with Gasteiger partial charge in [-0.2, -0.15) is 0 Å². The van der Waals surface area contributed by atoms with Crippen LogP contribution < -0.4 is 5.73 Å². The molecule has 4 nitrogen and oxygen atoms in total. The number of aliphatic hydroxyl groups is 1. The quantitative estimate of drug-likeness (QED) is 0.837. The summed E-state index contributed by atoms with van der Waals surface area (Å²) in [6.07, 6.45) is 0.860. The minimum atomic E-state index is -1.01. The van der Waals surface area contributed by atoms with Crippen LogP contribution in [0.15, 0.2) is 48.5 Å². The summed E-state index contributed by atoms with van der Waals surface area (Å²) < 4.78 is 13.0. The first-order chi connectivity index (χ1) is 11.0. The average Bonchev–Trinajstić information content (AvgIpc) is 2.56. The minimum Gasteiger partial charge on any atom is -0.399 e. The lowest BCUT2D eigenvalue weighted by atomic mass is 9.84. The van der Waals surface area contributed by atoms with E-state index in [1.807, 2.05) is 0 Å². The smallest absolute Gasteiger partial charge is 0.253 e. The summed E-state index contributed by atoms with van der Waals surface area (Å²) in [5, 5.41) is 10.8. The molecule has 5 heteroatoms. The number of carbonyl (C=O) groups excluding carboxylic acids is 1. The van der Waals surface area contributed by atoms with Gasteiger partial charge in [-0.15, -0.1) is 0 Å². The van der Waals surface area contributed by atoms with Gasteiger partial charge in [0.2, 0.25) is 0 Å². The van der Waals surface area contributed by atoms with Gasteiger partial charge >= 0.3 is 0 Å². The molecule has 0 aliphatic carbocycles. The van der Waals surface area contributed by atoms with E-state index in [2.05, 4.69) is 0 Å². The van der Waals surface area contributed by atoms with Crippen molar-refractivity contribution in [2.24, 2.45) is 0 Å². The van der Waals surface area contributed by atoms with E-state index in [4.69, 9.17) is 5.73 Å². The number of amides is 1. The highest BCUT2D eigenvalue weighted by Gasteiger charge is 2.35. The fourth-order valence-electron chi connectivity index (χ4n) is 2.94. The average molecular weight is 314 g/mol. The number of hydrogen-bond acceptors (Lipinski definition) is 3. The maximum atomic E-state index is 13.0. The molecule has 120 valence electrons. The predicted molar refractivity (Wildman–Crippen MR) is 86.3 cm³/mol. The first-order valence-corrected chi connectivity index (χ1v) is 7.61. The van der Waals surface area contributed by atoms with E-state index in [1.54, 1.807) is 41.3 Å². The SMILES string of the molecule is Nc1ccc(C(=O)N2CCC(O)(c3ccc(F)cc3)CC2)cc1. The van der Waals surface area contributed by atoms with Crippen LogP contribution in [0.25, 0.3) is 0 Å². The van der Waals surface area contributed by atoms with Crippen molar-refractivity contribution >= 4 is 11.6 Å². The molecule has 0 aromatic heterocycles. The summed E-state index contributed by atoms with van der Waals surface area (Å²) in [7, 11) is 0. The Labute approximate surface area is 134 Å². The van der Waals surface area contributed by atoms with Crippen LogP contribution in [0.4, 0.5) is 10.1 Å². The van der Waals surface area contributed by atoms with Gasteiger partial charge in [-0.05, 0) is 54.8 Å². The Morgan fingerprint density at radius 1 is 1.04 bits per heavy atom. The number of rotatable bonds is 2. The molecule has 0 saturated carbocycles. The van der Waals surface area contributed by atoms with Crippen LogP contribution in [0.5, 0.6) is 0 Å². The van der Waals surface area contributed by atoms with Crippen molar-refractivity contribution < 1.29 is 14.3 Å². The van der Waals surface area contributed by atoms with Crippen molar-refractivity contribution in [2.75, 3.05) is 18.8 Å². The molecule has 1 amide bonds. The van der Waals surface area contributed by atoms with E-state index in [0.717, 1.165) is 0 Å². The van der Waals surface area contributed by atoms with E-state index in [9.17, 15) is 14.3 Å². The number of nitrogen functional groups attached to an aromatic ring is 1. The Balaban J connectivity index is 1.69. The molecule has 23 heavy (non-hydrogen) atoms. The van der Waals surface area contributed by atoms with E-state index in [0.29, 0.717) is 42.7 Å². The van der Waals surface area contributed by atoms with Crippen LogP contribution in [-0.4, -0.2) is 29.0 Å². The number of halogens is 1. The maximum Gasteiger partial charge on any atom is 0.253 e. The van der Waals surface area contributed by atoms with Crippen molar-refractivity contribution in [1.82, 2.24) is 4.90 Å². The van der Waals surface area contributed by atoms with Crippen molar-refractivity contribution in [2.45, 2.75) is 18.4 Å². The molecular weight excluding hydrogens is 295 g/mol. The topological polar surface area (TPSA) is 66.6 Å². The summed E-state index contributed by atoms with van der Waals surface area (Å²) in [5.41, 5.74) is 6.52. The molecular formula is C18H19FN2O2. The summed E-state index contributed by atoms with van der Waals surface area (Å²) >= 11 is 0. The summed E-state index contributed by atoms with van der Waals surface area (Å²) in [6.45, 7) is 0.911. The van der Waals surface area contributed by atoms with Gasteiger partial charge in [0.05, 0.1) is 5.60 Å². The van der Waals surface area contributed by atoms with Crippen LogP contribution in [-0.2, 0) is 5.60 Å². The zero-order valence-corrected chi connectivity index (χ0v) is 12.7. The van der Waals surface area contributed by atoms with Gasteiger partial charge in [0.25, 0.3) is 5.91 Å². The molecule has 3 rings (SSSR count). The Morgan fingerprint density at radius 3 is 2.17 bits per heavy atom. The molecule has 1 heterocycles.